The first-order valence-electron chi connectivity index (χ1n) is 7.42. The standard InChI is InChI=1S/C16H22N4O/c1-13-4-3-5-14(18-13)10-19-11-15-6-8-17-20(15)9-7-16(19)12-21-2/h3-6,8,16H,7,9-12H2,1-2H3/t16-/m1/s1. The predicted molar refractivity (Wildman–Crippen MR) is 80.7 cm³/mol. The Balaban J connectivity index is 1.81. The van der Waals surface area contributed by atoms with Gasteiger partial charge >= 0.3 is 0 Å². The molecule has 0 saturated carbocycles. The molecule has 112 valence electrons. The van der Waals surface area contributed by atoms with Crippen LogP contribution in [0.5, 0.6) is 0 Å². The number of hydrogen-bond acceptors (Lipinski definition) is 4. The van der Waals surface area contributed by atoms with Crippen molar-refractivity contribution in [3.05, 3.63) is 47.5 Å². The molecule has 0 unspecified atom stereocenters. The van der Waals surface area contributed by atoms with Crippen molar-refractivity contribution in [2.24, 2.45) is 0 Å². The van der Waals surface area contributed by atoms with E-state index in [9.17, 15) is 0 Å². The molecule has 0 aromatic carbocycles. The van der Waals surface area contributed by atoms with Crippen LogP contribution in [0.4, 0.5) is 0 Å². The highest BCUT2D eigenvalue weighted by atomic mass is 16.5. The maximum Gasteiger partial charge on any atom is 0.0619 e. The fraction of sp³-hybridized carbons (Fsp3) is 0.500. The van der Waals surface area contributed by atoms with E-state index in [0.717, 1.165) is 44.0 Å². The highest BCUT2D eigenvalue weighted by Gasteiger charge is 2.24. The van der Waals surface area contributed by atoms with Crippen molar-refractivity contribution in [1.29, 1.82) is 0 Å². The summed E-state index contributed by atoms with van der Waals surface area (Å²) in [5.41, 5.74) is 3.45. The van der Waals surface area contributed by atoms with E-state index < -0.39 is 0 Å². The number of fused-ring (bicyclic) bond motifs is 1. The van der Waals surface area contributed by atoms with Crippen LogP contribution in [-0.4, -0.2) is 39.4 Å². The Labute approximate surface area is 125 Å². The maximum atomic E-state index is 5.41. The number of ether oxygens (including phenoxy) is 1. The average Bonchev–Trinajstić information content (AvgIpc) is 2.84. The van der Waals surface area contributed by atoms with E-state index >= 15 is 0 Å². The zero-order valence-electron chi connectivity index (χ0n) is 12.7. The zero-order valence-corrected chi connectivity index (χ0v) is 12.7. The van der Waals surface area contributed by atoms with Gasteiger partial charge in [-0.15, -0.1) is 0 Å². The monoisotopic (exact) mass is 286 g/mol. The largest absolute Gasteiger partial charge is 0.383 e. The van der Waals surface area contributed by atoms with Gasteiger partial charge in [0.2, 0.25) is 0 Å². The number of rotatable bonds is 4. The highest BCUT2D eigenvalue weighted by Crippen LogP contribution is 2.19. The van der Waals surface area contributed by atoms with Crippen LogP contribution < -0.4 is 0 Å². The van der Waals surface area contributed by atoms with Gasteiger partial charge in [-0.2, -0.15) is 5.10 Å². The maximum absolute atomic E-state index is 5.41. The van der Waals surface area contributed by atoms with Gasteiger partial charge in [0.25, 0.3) is 0 Å². The number of hydrogen-bond donors (Lipinski definition) is 0. The lowest BCUT2D eigenvalue weighted by atomic mass is 10.1. The Hall–Kier alpha value is -1.72. The van der Waals surface area contributed by atoms with Crippen molar-refractivity contribution < 1.29 is 4.74 Å². The first-order chi connectivity index (χ1) is 10.3. The Morgan fingerprint density at radius 1 is 1.33 bits per heavy atom. The Bertz CT molecular complexity index is 595. The predicted octanol–water partition coefficient (Wildman–Crippen LogP) is 2.01. The quantitative estimate of drug-likeness (QED) is 0.862. The van der Waals surface area contributed by atoms with Crippen LogP contribution in [0, 0.1) is 6.92 Å². The number of pyridine rings is 1. The van der Waals surface area contributed by atoms with Crippen molar-refractivity contribution in [2.75, 3.05) is 13.7 Å². The summed E-state index contributed by atoms with van der Waals surface area (Å²) in [4.78, 5) is 7.08. The highest BCUT2D eigenvalue weighted by molar-refractivity contribution is 5.11. The normalized spacial score (nSPS) is 19.2. The molecule has 5 heteroatoms. The molecule has 0 bridgehead atoms. The van der Waals surface area contributed by atoms with Gasteiger partial charge < -0.3 is 4.74 Å². The van der Waals surface area contributed by atoms with Gasteiger partial charge in [-0.1, -0.05) is 6.07 Å². The molecule has 1 atom stereocenters. The Kier molecular flexibility index (Phi) is 4.31. The van der Waals surface area contributed by atoms with Crippen molar-refractivity contribution >= 4 is 0 Å². The van der Waals surface area contributed by atoms with Crippen molar-refractivity contribution in [1.82, 2.24) is 19.7 Å². The summed E-state index contributed by atoms with van der Waals surface area (Å²) in [6.07, 6.45) is 2.93. The van der Waals surface area contributed by atoms with Crippen molar-refractivity contribution in [2.45, 2.75) is 39.0 Å². The number of methoxy groups -OCH3 is 1. The van der Waals surface area contributed by atoms with Gasteiger partial charge in [-0.05, 0) is 31.5 Å². The van der Waals surface area contributed by atoms with Crippen LogP contribution in [0.15, 0.2) is 30.5 Å². The van der Waals surface area contributed by atoms with E-state index in [0.29, 0.717) is 6.04 Å². The van der Waals surface area contributed by atoms with Gasteiger partial charge in [0.15, 0.2) is 0 Å². The summed E-state index contributed by atoms with van der Waals surface area (Å²) in [5.74, 6) is 0. The first kappa shape index (κ1) is 14.2. The second-order valence-corrected chi connectivity index (χ2v) is 5.62. The number of aryl methyl sites for hydroxylation is 2. The third-order valence-corrected chi connectivity index (χ3v) is 4.03. The van der Waals surface area contributed by atoms with Crippen LogP contribution >= 0.6 is 0 Å². The van der Waals surface area contributed by atoms with Crippen LogP contribution in [0.2, 0.25) is 0 Å². The van der Waals surface area contributed by atoms with E-state index in [4.69, 9.17) is 4.74 Å². The molecule has 0 amide bonds. The molecule has 3 heterocycles. The molecule has 1 aliphatic heterocycles. The molecule has 1 aliphatic rings. The van der Waals surface area contributed by atoms with E-state index in [1.807, 2.05) is 19.2 Å². The lowest BCUT2D eigenvalue weighted by molar-refractivity contribution is 0.0772. The van der Waals surface area contributed by atoms with Gasteiger partial charge in [0.05, 0.1) is 18.0 Å². The zero-order chi connectivity index (χ0) is 14.7. The molecule has 0 saturated heterocycles. The van der Waals surface area contributed by atoms with Gasteiger partial charge in [-0.25, -0.2) is 0 Å². The second-order valence-electron chi connectivity index (χ2n) is 5.62. The molecule has 3 rings (SSSR count). The minimum Gasteiger partial charge on any atom is -0.383 e. The van der Waals surface area contributed by atoms with Gasteiger partial charge in [0, 0.05) is 44.7 Å². The number of aromatic nitrogens is 3. The number of nitrogens with zero attached hydrogens (tertiary/aromatic N) is 4. The molecular formula is C16H22N4O. The fourth-order valence-electron chi connectivity index (χ4n) is 2.95. The molecule has 21 heavy (non-hydrogen) atoms. The van der Waals surface area contributed by atoms with Gasteiger partial charge in [-0.3, -0.25) is 14.6 Å². The van der Waals surface area contributed by atoms with Crippen molar-refractivity contribution in [3.8, 4) is 0 Å². The second kappa shape index (κ2) is 6.37. The smallest absolute Gasteiger partial charge is 0.0619 e. The molecule has 0 radical (unpaired) electrons. The topological polar surface area (TPSA) is 43.2 Å². The lowest BCUT2D eigenvalue weighted by Gasteiger charge is -2.28. The van der Waals surface area contributed by atoms with E-state index in [1.54, 1.807) is 7.11 Å². The molecule has 0 fully saturated rings. The summed E-state index contributed by atoms with van der Waals surface area (Å²) in [7, 11) is 1.77. The average molecular weight is 286 g/mol. The van der Waals surface area contributed by atoms with Crippen LogP contribution in [0.25, 0.3) is 0 Å². The summed E-state index contributed by atoms with van der Waals surface area (Å²) in [6, 6.07) is 8.71. The third kappa shape index (κ3) is 3.31. The summed E-state index contributed by atoms with van der Waals surface area (Å²) < 4.78 is 7.52. The van der Waals surface area contributed by atoms with E-state index in [-0.39, 0.29) is 0 Å². The van der Waals surface area contributed by atoms with Crippen LogP contribution in [-0.2, 0) is 24.4 Å². The fourth-order valence-corrected chi connectivity index (χ4v) is 2.95. The minimum atomic E-state index is 0.402. The molecule has 2 aromatic heterocycles. The summed E-state index contributed by atoms with van der Waals surface area (Å²) in [6.45, 7) is 5.48. The minimum absolute atomic E-state index is 0.402. The van der Waals surface area contributed by atoms with Gasteiger partial charge in [0.1, 0.15) is 0 Å². The van der Waals surface area contributed by atoms with E-state index in [2.05, 4.69) is 37.9 Å². The Morgan fingerprint density at radius 2 is 2.24 bits per heavy atom. The molecular weight excluding hydrogens is 264 g/mol. The molecule has 2 aromatic rings. The van der Waals surface area contributed by atoms with Crippen LogP contribution in [0.1, 0.15) is 23.5 Å². The molecule has 0 aliphatic carbocycles. The molecule has 5 nitrogen and oxygen atoms in total. The summed E-state index contributed by atoms with van der Waals surface area (Å²) in [5, 5.41) is 4.40. The molecule has 0 N–H and O–H groups in total. The SMILES string of the molecule is COC[C@H]1CCn2nccc2CN1Cc1cccc(C)n1. The third-order valence-electron chi connectivity index (χ3n) is 4.03. The lowest BCUT2D eigenvalue weighted by Crippen LogP contribution is -2.37. The van der Waals surface area contributed by atoms with E-state index in [1.165, 1.54) is 5.69 Å². The van der Waals surface area contributed by atoms with Crippen LogP contribution in [0.3, 0.4) is 0 Å². The Morgan fingerprint density at radius 3 is 3.05 bits per heavy atom. The van der Waals surface area contributed by atoms with Crippen molar-refractivity contribution in [3.63, 3.8) is 0 Å². The first-order valence-corrected chi connectivity index (χ1v) is 7.42. The molecule has 0 spiro atoms. The summed E-state index contributed by atoms with van der Waals surface area (Å²) >= 11 is 0.